The van der Waals surface area contributed by atoms with Crippen LogP contribution < -0.4 is 10.2 Å². The molecule has 1 N–H and O–H groups in total. The molecule has 0 bridgehead atoms. The Labute approximate surface area is 202 Å². The van der Waals surface area contributed by atoms with Crippen LogP contribution in [0.1, 0.15) is 18.1 Å². The average molecular weight is 474 g/mol. The predicted molar refractivity (Wildman–Crippen MR) is 131 cm³/mol. The molecule has 0 amide bonds. The van der Waals surface area contributed by atoms with Gasteiger partial charge in [-0.05, 0) is 48.4 Å². The molecule has 0 atom stereocenters. The van der Waals surface area contributed by atoms with Crippen LogP contribution in [0.15, 0.2) is 54.7 Å². The number of esters is 1. The number of carbonyl (C=O) groups is 1. The number of rotatable bonds is 7. The van der Waals surface area contributed by atoms with Gasteiger partial charge in [-0.15, -0.1) is 0 Å². The van der Waals surface area contributed by atoms with Crippen molar-refractivity contribution in [3.63, 3.8) is 0 Å². The second-order valence-electron chi connectivity index (χ2n) is 7.71. The summed E-state index contributed by atoms with van der Waals surface area (Å²) in [6.07, 6.45) is 4.80. The highest BCUT2D eigenvalue weighted by Gasteiger charge is 2.19. The maximum Gasteiger partial charge on any atom is 0.330 e. The van der Waals surface area contributed by atoms with Gasteiger partial charge in [-0.25, -0.2) is 14.2 Å². The molecular formula is C26H24FN5O3. The highest BCUT2D eigenvalue weighted by atomic mass is 19.1. The fraction of sp³-hybridized carbons (Fsp3) is 0.231. The Morgan fingerprint density at radius 2 is 2.11 bits per heavy atom. The van der Waals surface area contributed by atoms with E-state index in [1.54, 1.807) is 19.2 Å². The number of morpholine rings is 1. The number of nitrogens with zero attached hydrogens (tertiary/aromatic N) is 4. The first-order valence-electron chi connectivity index (χ1n) is 11.2. The monoisotopic (exact) mass is 473 g/mol. The Kier molecular flexibility index (Phi) is 7.65. The Morgan fingerprint density at radius 3 is 2.89 bits per heavy atom. The van der Waals surface area contributed by atoms with Crippen molar-refractivity contribution in [2.45, 2.75) is 6.92 Å². The number of nitriles is 1. The van der Waals surface area contributed by atoms with Gasteiger partial charge in [0.05, 0.1) is 31.5 Å². The zero-order chi connectivity index (χ0) is 24.6. The van der Waals surface area contributed by atoms with Gasteiger partial charge < -0.3 is 19.7 Å². The maximum absolute atomic E-state index is 13.9. The molecule has 1 aliphatic heterocycles. The molecule has 35 heavy (non-hydrogen) atoms. The molecule has 0 spiro atoms. The van der Waals surface area contributed by atoms with Gasteiger partial charge in [0.2, 0.25) is 5.95 Å². The van der Waals surface area contributed by atoms with Crippen molar-refractivity contribution >= 4 is 29.5 Å². The van der Waals surface area contributed by atoms with Crippen molar-refractivity contribution < 1.29 is 18.7 Å². The van der Waals surface area contributed by atoms with Crippen LogP contribution in [0.3, 0.4) is 0 Å². The number of ether oxygens (including phenoxy) is 2. The van der Waals surface area contributed by atoms with Gasteiger partial charge in [0, 0.05) is 36.6 Å². The fourth-order valence-electron chi connectivity index (χ4n) is 3.67. The van der Waals surface area contributed by atoms with Crippen LogP contribution >= 0.6 is 0 Å². The topological polar surface area (TPSA) is 100 Å². The normalized spacial score (nSPS) is 13.5. The fourth-order valence-corrected chi connectivity index (χ4v) is 3.67. The van der Waals surface area contributed by atoms with Crippen molar-refractivity contribution in [2.75, 3.05) is 43.1 Å². The van der Waals surface area contributed by atoms with Crippen molar-refractivity contribution in [1.82, 2.24) is 9.97 Å². The Bertz CT molecular complexity index is 1280. The first kappa shape index (κ1) is 23.9. The van der Waals surface area contributed by atoms with Gasteiger partial charge in [0.25, 0.3) is 0 Å². The van der Waals surface area contributed by atoms with Gasteiger partial charge in [-0.3, -0.25) is 0 Å². The summed E-state index contributed by atoms with van der Waals surface area (Å²) in [4.78, 5) is 23.0. The molecule has 0 saturated carbocycles. The summed E-state index contributed by atoms with van der Waals surface area (Å²) >= 11 is 0. The van der Waals surface area contributed by atoms with Crippen LogP contribution in [0.4, 0.5) is 21.8 Å². The minimum atomic E-state index is -0.524. The number of hydrogen-bond donors (Lipinski definition) is 1. The van der Waals surface area contributed by atoms with Crippen molar-refractivity contribution in [2.24, 2.45) is 0 Å². The SMILES string of the molecule is CCOC(=O)C=Cc1cccc(-c2cnc(Nc3cc(F)cc(C#N)c3)nc2N2CCOCC2)c1. The smallest absolute Gasteiger partial charge is 0.330 e. The summed E-state index contributed by atoms with van der Waals surface area (Å²) in [5.74, 6) is 0.0594. The quantitative estimate of drug-likeness (QED) is 0.400. The third-order valence-corrected chi connectivity index (χ3v) is 5.26. The first-order chi connectivity index (χ1) is 17.1. The number of hydrogen-bond acceptors (Lipinski definition) is 8. The molecule has 0 unspecified atom stereocenters. The van der Waals surface area contributed by atoms with E-state index in [4.69, 9.17) is 19.7 Å². The van der Waals surface area contributed by atoms with Crippen LogP contribution in [-0.4, -0.2) is 48.8 Å². The number of benzene rings is 2. The third kappa shape index (κ3) is 6.19. The molecule has 1 saturated heterocycles. The highest BCUT2D eigenvalue weighted by Crippen LogP contribution is 2.31. The van der Waals surface area contributed by atoms with E-state index in [1.807, 2.05) is 30.3 Å². The second-order valence-corrected chi connectivity index (χ2v) is 7.71. The molecule has 1 aromatic heterocycles. The maximum atomic E-state index is 13.9. The molecule has 2 heterocycles. The van der Waals surface area contributed by atoms with E-state index in [1.165, 1.54) is 18.2 Å². The van der Waals surface area contributed by atoms with Crippen LogP contribution in [0, 0.1) is 17.1 Å². The molecule has 8 nitrogen and oxygen atoms in total. The standard InChI is InChI=1S/C26H24FN5O3/c1-2-35-24(33)7-6-18-4-3-5-20(12-18)23-17-29-26(31-25(23)32-8-10-34-11-9-32)30-22-14-19(16-28)13-21(27)15-22/h3-7,12-15,17H,2,8-11H2,1H3,(H,29,30,31). The summed E-state index contributed by atoms with van der Waals surface area (Å²) in [5.41, 5.74) is 3.09. The van der Waals surface area contributed by atoms with Crippen molar-refractivity contribution in [3.05, 3.63) is 71.7 Å². The summed E-state index contributed by atoms with van der Waals surface area (Å²) in [5, 5.41) is 12.1. The largest absolute Gasteiger partial charge is 0.463 e. The zero-order valence-electron chi connectivity index (χ0n) is 19.2. The number of aromatic nitrogens is 2. The van der Waals surface area contributed by atoms with Gasteiger partial charge in [0.15, 0.2) is 0 Å². The lowest BCUT2D eigenvalue weighted by molar-refractivity contribution is -0.137. The molecule has 0 radical (unpaired) electrons. The van der Waals surface area contributed by atoms with Gasteiger partial charge >= 0.3 is 5.97 Å². The Morgan fingerprint density at radius 1 is 1.29 bits per heavy atom. The van der Waals surface area contributed by atoms with E-state index in [-0.39, 0.29) is 11.5 Å². The molecule has 1 aliphatic rings. The predicted octanol–water partition coefficient (Wildman–Crippen LogP) is 4.31. The van der Waals surface area contributed by atoms with E-state index < -0.39 is 11.8 Å². The average Bonchev–Trinajstić information content (AvgIpc) is 2.88. The number of anilines is 3. The lowest BCUT2D eigenvalue weighted by Gasteiger charge is -2.29. The lowest BCUT2D eigenvalue weighted by atomic mass is 10.0. The number of nitrogens with one attached hydrogen (secondary N) is 1. The molecule has 3 aromatic rings. The summed E-state index contributed by atoms with van der Waals surface area (Å²) in [7, 11) is 0. The van der Waals surface area contributed by atoms with Crippen molar-refractivity contribution in [3.8, 4) is 17.2 Å². The minimum Gasteiger partial charge on any atom is -0.463 e. The summed E-state index contributed by atoms with van der Waals surface area (Å²) in [6.45, 7) is 4.54. The van der Waals surface area contributed by atoms with Gasteiger partial charge in [-0.1, -0.05) is 18.2 Å². The van der Waals surface area contributed by atoms with Gasteiger partial charge in [0.1, 0.15) is 11.6 Å². The molecule has 4 rings (SSSR count). The van der Waals surface area contributed by atoms with Crippen LogP contribution in [0.25, 0.3) is 17.2 Å². The molecule has 1 fully saturated rings. The van der Waals surface area contributed by atoms with Crippen LogP contribution in [0.2, 0.25) is 0 Å². The van der Waals surface area contributed by atoms with E-state index in [0.717, 1.165) is 22.8 Å². The second kappa shape index (κ2) is 11.2. The summed E-state index contributed by atoms with van der Waals surface area (Å²) < 4.78 is 24.3. The highest BCUT2D eigenvalue weighted by molar-refractivity contribution is 5.87. The van der Waals surface area contributed by atoms with Crippen LogP contribution in [0.5, 0.6) is 0 Å². The lowest BCUT2D eigenvalue weighted by Crippen LogP contribution is -2.37. The van der Waals surface area contributed by atoms with Crippen LogP contribution in [-0.2, 0) is 14.3 Å². The van der Waals surface area contributed by atoms with E-state index >= 15 is 0 Å². The zero-order valence-corrected chi connectivity index (χ0v) is 19.2. The molecule has 9 heteroatoms. The molecule has 178 valence electrons. The van der Waals surface area contributed by atoms with E-state index in [0.29, 0.717) is 44.4 Å². The van der Waals surface area contributed by atoms with Crippen molar-refractivity contribution in [1.29, 1.82) is 5.26 Å². The molecule has 0 aliphatic carbocycles. The molecular weight excluding hydrogens is 449 g/mol. The minimum absolute atomic E-state index is 0.199. The summed E-state index contributed by atoms with van der Waals surface area (Å²) in [6, 6.07) is 13.6. The third-order valence-electron chi connectivity index (χ3n) is 5.26. The van der Waals surface area contributed by atoms with E-state index in [9.17, 15) is 9.18 Å². The number of carbonyl (C=O) groups excluding carboxylic acids is 1. The first-order valence-corrected chi connectivity index (χ1v) is 11.2. The Balaban J connectivity index is 1.68. The molecule has 2 aromatic carbocycles. The number of halogens is 1. The van der Waals surface area contributed by atoms with Gasteiger partial charge in [-0.2, -0.15) is 10.2 Å². The Hall–Kier alpha value is -4.29. The van der Waals surface area contributed by atoms with E-state index in [2.05, 4.69) is 15.2 Å².